The van der Waals surface area contributed by atoms with E-state index in [9.17, 15) is 4.39 Å². The van der Waals surface area contributed by atoms with Gasteiger partial charge in [-0.2, -0.15) is 0 Å². The molecule has 0 heterocycles. The average molecular weight is 259 g/mol. The van der Waals surface area contributed by atoms with Crippen LogP contribution in [0.3, 0.4) is 0 Å². The van der Waals surface area contributed by atoms with Crippen LogP contribution in [-0.2, 0) is 13.2 Å². The van der Waals surface area contributed by atoms with Gasteiger partial charge in [0.1, 0.15) is 18.2 Å². The van der Waals surface area contributed by atoms with Gasteiger partial charge in [0.15, 0.2) is 0 Å². The minimum Gasteiger partial charge on any atom is -0.489 e. The zero-order valence-electron chi connectivity index (χ0n) is 11.2. The highest BCUT2D eigenvalue weighted by Crippen LogP contribution is 2.19. The third-order valence-corrected chi connectivity index (χ3v) is 3.07. The Kier molecular flexibility index (Phi) is 4.17. The van der Waals surface area contributed by atoms with Crippen LogP contribution in [0.2, 0.25) is 0 Å². The first-order valence-electron chi connectivity index (χ1n) is 6.27. The van der Waals surface area contributed by atoms with Crippen molar-refractivity contribution < 1.29 is 9.13 Å². The highest BCUT2D eigenvalue weighted by atomic mass is 19.1. The van der Waals surface area contributed by atoms with Gasteiger partial charge in [-0.3, -0.25) is 0 Å². The lowest BCUT2D eigenvalue weighted by atomic mass is 10.1. The van der Waals surface area contributed by atoms with Crippen LogP contribution in [0.5, 0.6) is 5.75 Å². The van der Waals surface area contributed by atoms with Crippen molar-refractivity contribution in [1.29, 1.82) is 0 Å². The van der Waals surface area contributed by atoms with E-state index in [-0.39, 0.29) is 5.82 Å². The molecule has 0 aromatic heterocycles. The molecule has 0 unspecified atom stereocenters. The molecule has 0 fully saturated rings. The van der Waals surface area contributed by atoms with Crippen molar-refractivity contribution in [2.24, 2.45) is 5.73 Å². The summed E-state index contributed by atoms with van der Waals surface area (Å²) in [4.78, 5) is 0. The highest BCUT2D eigenvalue weighted by Gasteiger charge is 2.03. The maximum atomic E-state index is 13.3. The molecule has 0 bridgehead atoms. The maximum absolute atomic E-state index is 13.3. The van der Waals surface area contributed by atoms with Crippen molar-refractivity contribution in [2.45, 2.75) is 27.0 Å². The van der Waals surface area contributed by atoms with E-state index in [1.807, 2.05) is 13.8 Å². The Morgan fingerprint density at radius 2 is 1.89 bits per heavy atom. The summed E-state index contributed by atoms with van der Waals surface area (Å²) in [5.74, 6) is 0.195. The van der Waals surface area contributed by atoms with E-state index >= 15 is 0 Å². The van der Waals surface area contributed by atoms with E-state index in [0.29, 0.717) is 18.9 Å². The van der Waals surface area contributed by atoms with E-state index < -0.39 is 0 Å². The van der Waals surface area contributed by atoms with Gasteiger partial charge in [-0.25, -0.2) is 4.39 Å². The zero-order valence-corrected chi connectivity index (χ0v) is 11.2. The molecule has 0 atom stereocenters. The van der Waals surface area contributed by atoms with Crippen molar-refractivity contribution in [1.82, 2.24) is 0 Å². The van der Waals surface area contributed by atoms with Gasteiger partial charge in [-0.05, 0) is 42.7 Å². The summed E-state index contributed by atoms with van der Waals surface area (Å²) < 4.78 is 19.0. The first-order valence-corrected chi connectivity index (χ1v) is 6.27. The number of benzene rings is 2. The lowest BCUT2D eigenvalue weighted by Gasteiger charge is -2.10. The lowest BCUT2D eigenvalue weighted by molar-refractivity contribution is 0.303. The van der Waals surface area contributed by atoms with Crippen LogP contribution in [0.1, 0.15) is 22.3 Å². The molecule has 0 aliphatic carbocycles. The molecule has 2 N–H and O–H groups in total. The standard InChI is InChI=1S/C16H18FNO/c1-11-3-4-12(2)14(5-11)10-19-16-7-13(9-18)6-15(17)8-16/h3-8H,9-10,18H2,1-2H3. The maximum Gasteiger partial charge on any atom is 0.127 e. The fraction of sp³-hybridized carbons (Fsp3) is 0.250. The van der Waals surface area contributed by atoms with Crippen LogP contribution in [0.25, 0.3) is 0 Å². The Labute approximate surface area is 113 Å². The first kappa shape index (κ1) is 13.6. The van der Waals surface area contributed by atoms with E-state index in [1.54, 1.807) is 6.07 Å². The lowest BCUT2D eigenvalue weighted by Crippen LogP contribution is -2.01. The Morgan fingerprint density at radius 1 is 1.11 bits per heavy atom. The number of rotatable bonds is 4. The fourth-order valence-electron chi connectivity index (χ4n) is 1.94. The molecular weight excluding hydrogens is 241 g/mol. The summed E-state index contributed by atoms with van der Waals surface area (Å²) in [5.41, 5.74) is 9.71. The Bertz CT molecular complexity index is 581. The quantitative estimate of drug-likeness (QED) is 0.912. The van der Waals surface area contributed by atoms with Crippen molar-refractivity contribution in [3.8, 4) is 5.75 Å². The number of hydrogen-bond donors (Lipinski definition) is 1. The van der Waals surface area contributed by atoms with Gasteiger partial charge in [0.2, 0.25) is 0 Å². The number of hydrogen-bond acceptors (Lipinski definition) is 2. The summed E-state index contributed by atoms with van der Waals surface area (Å²) >= 11 is 0. The summed E-state index contributed by atoms with van der Waals surface area (Å²) in [5, 5.41) is 0. The van der Waals surface area contributed by atoms with E-state index in [1.165, 1.54) is 23.3 Å². The van der Waals surface area contributed by atoms with Crippen LogP contribution in [0.4, 0.5) is 4.39 Å². The van der Waals surface area contributed by atoms with Crippen LogP contribution < -0.4 is 10.5 Å². The average Bonchev–Trinajstić information content (AvgIpc) is 2.39. The third-order valence-electron chi connectivity index (χ3n) is 3.07. The molecule has 2 aromatic carbocycles. The van der Waals surface area contributed by atoms with Gasteiger partial charge in [-0.1, -0.05) is 23.8 Å². The molecule has 0 spiro atoms. The molecule has 2 nitrogen and oxygen atoms in total. The zero-order chi connectivity index (χ0) is 13.8. The molecule has 2 rings (SSSR count). The van der Waals surface area contributed by atoms with Gasteiger partial charge >= 0.3 is 0 Å². The van der Waals surface area contributed by atoms with Crippen LogP contribution in [0.15, 0.2) is 36.4 Å². The van der Waals surface area contributed by atoms with Crippen molar-refractivity contribution in [3.63, 3.8) is 0 Å². The van der Waals surface area contributed by atoms with Crippen LogP contribution in [-0.4, -0.2) is 0 Å². The summed E-state index contributed by atoms with van der Waals surface area (Å²) in [6.07, 6.45) is 0. The van der Waals surface area contributed by atoms with Gasteiger partial charge in [-0.15, -0.1) is 0 Å². The normalized spacial score (nSPS) is 10.5. The second-order valence-electron chi connectivity index (χ2n) is 4.72. The monoisotopic (exact) mass is 259 g/mol. The van der Waals surface area contributed by atoms with Crippen molar-refractivity contribution >= 4 is 0 Å². The van der Waals surface area contributed by atoms with E-state index in [0.717, 1.165) is 11.1 Å². The molecule has 3 heteroatoms. The Balaban J connectivity index is 2.14. The molecule has 100 valence electrons. The molecule has 0 aliphatic rings. The second kappa shape index (κ2) is 5.85. The summed E-state index contributed by atoms with van der Waals surface area (Å²) in [6.45, 7) is 4.81. The number of nitrogens with two attached hydrogens (primary N) is 1. The smallest absolute Gasteiger partial charge is 0.127 e. The number of halogens is 1. The van der Waals surface area contributed by atoms with E-state index in [4.69, 9.17) is 10.5 Å². The minimum atomic E-state index is -0.320. The number of ether oxygens (including phenoxy) is 1. The van der Waals surface area contributed by atoms with Crippen LogP contribution in [0, 0.1) is 19.7 Å². The predicted molar refractivity (Wildman–Crippen MR) is 74.5 cm³/mol. The molecule has 19 heavy (non-hydrogen) atoms. The molecular formula is C16H18FNO. The SMILES string of the molecule is Cc1ccc(C)c(COc2cc(F)cc(CN)c2)c1. The molecule has 0 saturated carbocycles. The first-order chi connectivity index (χ1) is 9.08. The minimum absolute atomic E-state index is 0.303. The second-order valence-corrected chi connectivity index (χ2v) is 4.72. The van der Waals surface area contributed by atoms with Gasteiger partial charge in [0, 0.05) is 12.6 Å². The molecule has 0 saturated heterocycles. The predicted octanol–water partition coefficient (Wildman–Crippen LogP) is 3.48. The topological polar surface area (TPSA) is 35.2 Å². The largest absolute Gasteiger partial charge is 0.489 e. The van der Waals surface area contributed by atoms with Gasteiger partial charge in [0.05, 0.1) is 0 Å². The van der Waals surface area contributed by atoms with Gasteiger partial charge < -0.3 is 10.5 Å². The fourth-order valence-corrected chi connectivity index (χ4v) is 1.94. The van der Waals surface area contributed by atoms with Gasteiger partial charge in [0.25, 0.3) is 0 Å². The van der Waals surface area contributed by atoms with E-state index in [2.05, 4.69) is 18.2 Å². The number of aryl methyl sites for hydroxylation is 2. The highest BCUT2D eigenvalue weighted by molar-refractivity contribution is 5.32. The summed E-state index contributed by atoms with van der Waals surface area (Å²) in [7, 11) is 0. The molecule has 0 aliphatic heterocycles. The third kappa shape index (κ3) is 3.55. The molecule has 0 radical (unpaired) electrons. The Morgan fingerprint density at radius 3 is 2.63 bits per heavy atom. The van der Waals surface area contributed by atoms with Crippen molar-refractivity contribution in [3.05, 3.63) is 64.5 Å². The van der Waals surface area contributed by atoms with Crippen molar-refractivity contribution in [2.75, 3.05) is 0 Å². The summed E-state index contributed by atoms with van der Waals surface area (Å²) in [6, 6.07) is 10.8. The molecule has 0 amide bonds. The van der Waals surface area contributed by atoms with Crippen LogP contribution >= 0.6 is 0 Å². The molecule has 2 aromatic rings. The Hall–Kier alpha value is -1.87.